The molecule has 2 atom stereocenters. The van der Waals surface area contributed by atoms with Gasteiger partial charge in [-0.05, 0) is 24.8 Å². The molecule has 3 heteroatoms. The molecule has 0 bridgehead atoms. The fourth-order valence-electron chi connectivity index (χ4n) is 2.06. The van der Waals surface area contributed by atoms with Gasteiger partial charge in [0.1, 0.15) is 0 Å². The van der Waals surface area contributed by atoms with E-state index in [0.29, 0.717) is 6.61 Å². The van der Waals surface area contributed by atoms with Crippen LogP contribution in [0.15, 0.2) is 30.3 Å². The van der Waals surface area contributed by atoms with Crippen LogP contribution in [0.3, 0.4) is 0 Å². The maximum Gasteiger partial charge on any atom is 0.0922 e. The number of hydrogen-bond donors (Lipinski definition) is 0. The summed E-state index contributed by atoms with van der Waals surface area (Å²) in [6, 6.07) is 10.3. The van der Waals surface area contributed by atoms with Gasteiger partial charge in [0.15, 0.2) is 0 Å². The molecule has 2 nitrogen and oxygen atoms in total. The monoisotopic (exact) mass is 298 g/mol. The minimum Gasteiger partial charge on any atom is -0.376 e. The second-order valence-corrected chi connectivity index (χ2v) is 5.02. The Balaban J connectivity index is 1.83. The number of hydrogen-bond acceptors (Lipinski definition) is 2. The summed E-state index contributed by atoms with van der Waals surface area (Å²) in [6.45, 7) is 1.59. The number of halogens is 1. The summed E-state index contributed by atoms with van der Waals surface area (Å²) in [5.41, 5.74) is 1.22. The van der Waals surface area contributed by atoms with Crippen LogP contribution in [0.5, 0.6) is 0 Å². The van der Waals surface area contributed by atoms with Crippen LogP contribution in [0.4, 0.5) is 0 Å². The fraction of sp³-hybridized carbons (Fsp3) is 0.571. The van der Waals surface area contributed by atoms with Gasteiger partial charge in [-0.15, -0.1) is 0 Å². The summed E-state index contributed by atoms with van der Waals surface area (Å²) in [6.07, 6.45) is 4.00. The average Bonchev–Trinajstić information content (AvgIpc) is 2.42. The van der Waals surface area contributed by atoms with Crippen LogP contribution < -0.4 is 0 Å². The van der Waals surface area contributed by atoms with Crippen molar-refractivity contribution in [3.8, 4) is 0 Å². The van der Waals surface area contributed by atoms with Gasteiger partial charge < -0.3 is 9.47 Å². The minimum absolute atomic E-state index is 0.127. The smallest absolute Gasteiger partial charge is 0.0922 e. The molecule has 0 N–H and O–H groups in total. The molecule has 0 aliphatic carbocycles. The first kappa shape index (κ1) is 13.1. The van der Waals surface area contributed by atoms with Crippen molar-refractivity contribution in [2.24, 2.45) is 0 Å². The van der Waals surface area contributed by atoms with Crippen LogP contribution in [-0.4, -0.2) is 24.6 Å². The van der Waals surface area contributed by atoms with Gasteiger partial charge in [0.05, 0.1) is 18.8 Å². The van der Waals surface area contributed by atoms with Crippen molar-refractivity contribution in [3.63, 3.8) is 0 Å². The van der Waals surface area contributed by atoms with Crippen molar-refractivity contribution in [1.82, 2.24) is 0 Å². The molecule has 1 aliphatic heterocycles. The predicted molar refractivity (Wildman–Crippen MR) is 72.5 cm³/mol. The zero-order valence-electron chi connectivity index (χ0n) is 9.98. The van der Waals surface area contributed by atoms with Crippen LogP contribution in [-0.2, 0) is 9.47 Å². The van der Waals surface area contributed by atoms with Gasteiger partial charge >= 0.3 is 0 Å². The normalized spacial score (nSPS) is 22.3. The van der Waals surface area contributed by atoms with Gasteiger partial charge in [-0.1, -0.05) is 46.3 Å². The molecule has 0 spiro atoms. The lowest BCUT2D eigenvalue weighted by Gasteiger charge is -2.25. The Morgan fingerprint density at radius 3 is 2.76 bits per heavy atom. The maximum absolute atomic E-state index is 5.94. The molecular weight excluding hydrogens is 280 g/mol. The number of alkyl halides is 1. The predicted octanol–water partition coefficient (Wildman–Crippen LogP) is 3.71. The van der Waals surface area contributed by atoms with Gasteiger partial charge in [-0.2, -0.15) is 0 Å². The van der Waals surface area contributed by atoms with E-state index in [9.17, 15) is 0 Å². The van der Waals surface area contributed by atoms with E-state index in [0.717, 1.165) is 18.4 Å². The highest BCUT2D eigenvalue weighted by atomic mass is 79.9. The van der Waals surface area contributed by atoms with Gasteiger partial charge in [-0.3, -0.25) is 0 Å². The summed E-state index contributed by atoms with van der Waals surface area (Å²) in [5.74, 6) is 0. The Labute approximate surface area is 111 Å². The second-order valence-electron chi connectivity index (χ2n) is 4.38. The molecule has 2 unspecified atom stereocenters. The van der Waals surface area contributed by atoms with Gasteiger partial charge in [-0.25, -0.2) is 0 Å². The van der Waals surface area contributed by atoms with Gasteiger partial charge in [0.25, 0.3) is 0 Å². The third-order valence-electron chi connectivity index (χ3n) is 3.07. The lowest BCUT2D eigenvalue weighted by Crippen LogP contribution is -2.25. The SMILES string of the molecule is BrCC(OCC1CCCCO1)c1ccccc1. The van der Waals surface area contributed by atoms with Gasteiger partial charge in [0, 0.05) is 11.9 Å². The van der Waals surface area contributed by atoms with E-state index in [1.54, 1.807) is 0 Å². The molecule has 1 heterocycles. The van der Waals surface area contributed by atoms with E-state index < -0.39 is 0 Å². The molecule has 0 saturated carbocycles. The summed E-state index contributed by atoms with van der Waals surface area (Å²) in [4.78, 5) is 0. The molecule has 94 valence electrons. The summed E-state index contributed by atoms with van der Waals surface area (Å²) >= 11 is 3.51. The number of benzene rings is 1. The molecule has 0 amide bonds. The third kappa shape index (κ3) is 4.09. The van der Waals surface area contributed by atoms with Crippen molar-refractivity contribution in [3.05, 3.63) is 35.9 Å². The molecule has 17 heavy (non-hydrogen) atoms. The first-order valence-corrected chi connectivity index (χ1v) is 7.36. The molecule has 1 fully saturated rings. The van der Waals surface area contributed by atoms with E-state index in [1.807, 2.05) is 18.2 Å². The highest BCUT2D eigenvalue weighted by molar-refractivity contribution is 9.09. The minimum atomic E-state index is 0.127. The second kappa shape index (κ2) is 7.14. The maximum atomic E-state index is 5.94. The summed E-state index contributed by atoms with van der Waals surface area (Å²) in [7, 11) is 0. The zero-order valence-corrected chi connectivity index (χ0v) is 11.6. The molecule has 0 radical (unpaired) electrons. The van der Waals surface area contributed by atoms with Crippen LogP contribution >= 0.6 is 15.9 Å². The highest BCUT2D eigenvalue weighted by Crippen LogP contribution is 2.21. The van der Waals surface area contributed by atoms with Crippen LogP contribution in [0.2, 0.25) is 0 Å². The van der Waals surface area contributed by atoms with Crippen LogP contribution in [0.1, 0.15) is 30.9 Å². The standard InChI is InChI=1S/C14H19BrO2/c15-10-14(12-6-2-1-3-7-12)17-11-13-8-4-5-9-16-13/h1-3,6-7,13-14H,4-5,8-11H2. The van der Waals surface area contributed by atoms with E-state index in [2.05, 4.69) is 28.1 Å². The lowest BCUT2D eigenvalue weighted by atomic mass is 10.1. The van der Waals surface area contributed by atoms with E-state index in [4.69, 9.17) is 9.47 Å². The fourth-order valence-corrected chi connectivity index (χ4v) is 2.62. The Morgan fingerprint density at radius 1 is 1.29 bits per heavy atom. The molecule has 1 aliphatic rings. The Bertz CT molecular complexity index is 309. The third-order valence-corrected chi connectivity index (χ3v) is 3.66. The molecule has 2 rings (SSSR count). The largest absolute Gasteiger partial charge is 0.376 e. The van der Waals surface area contributed by atoms with Crippen LogP contribution in [0, 0.1) is 0 Å². The molecular formula is C14H19BrO2. The van der Waals surface area contributed by atoms with E-state index in [1.165, 1.54) is 18.4 Å². The van der Waals surface area contributed by atoms with E-state index in [-0.39, 0.29) is 12.2 Å². The first-order valence-electron chi connectivity index (χ1n) is 6.24. The van der Waals surface area contributed by atoms with Crippen molar-refractivity contribution in [2.45, 2.75) is 31.5 Å². The summed E-state index contributed by atoms with van der Waals surface area (Å²) < 4.78 is 11.6. The van der Waals surface area contributed by atoms with Crippen molar-refractivity contribution < 1.29 is 9.47 Å². The highest BCUT2D eigenvalue weighted by Gasteiger charge is 2.17. The molecule has 1 aromatic rings. The number of rotatable bonds is 5. The Morgan fingerprint density at radius 2 is 2.12 bits per heavy atom. The van der Waals surface area contributed by atoms with E-state index >= 15 is 0 Å². The molecule has 1 aromatic carbocycles. The summed E-state index contributed by atoms with van der Waals surface area (Å²) in [5, 5.41) is 0.823. The Hall–Kier alpha value is -0.380. The van der Waals surface area contributed by atoms with Crippen molar-refractivity contribution in [1.29, 1.82) is 0 Å². The van der Waals surface area contributed by atoms with Crippen LogP contribution in [0.25, 0.3) is 0 Å². The Kier molecular flexibility index (Phi) is 5.49. The topological polar surface area (TPSA) is 18.5 Å². The quantitative estimate of drug-likeness (QED) is 0.772. The van der Waals surface area contributed by atoms with Gasteiger partial charge in [0.2, 0.25) is 0 Å². The van der Waals surface area contributed by atoms with Crippen molar-refractivity contribution >= 4 is 15.9 Å². The molecule has 0 aromatic heterocycles. The lowest BCUT2D eigenvalue weighted by molar-refractivity contribution is -0.0585. The number of ether oxygens (including phenoxy) is 2. The zero-order chi connectivity index (χ0) is 11.9. The first-order chi connectivity index (χ1) is 8.40. The van der Waals surface area contributed by atoms with Crippen molar-refractivity contribution in [2.75, 3.05) is 18.5 Å². The average molecular weight is 299 g/mol. The molecule has 1 saturated heterocycles.